The van der Waals surface area contributed by atoms with E-state index in [2.05, 4.69) is 44.8 Å². The highest BCUT2D eigenvalue weighted by molar-refractivity contribution is 9.10. The van der Waals surface area contributed by atoms with Crippen molar-refractivity contribution in [1.29, 1.82) is 0 Å². The van der Waals surface area contributed by atoms with Crippen LogP contribution in [0.2, 0.25) is 10.0 Å². The largest absolute Gasteiger partial charge is 0.303 e. The molecule has 0 aliphatic rings. The fourth-order valence-corrected chi connectivity index (χ4v) is 3.74. The summed E-state index contributed by atoms with van der Waals surface area (Å²) in [5.74, 6) is 0.949. The van der Waals surface area contributed by atoms with Crippen LogP contribution in [0.1, 0.15) is 11.4 Å². The molecule has 0 fully saturated rings. The molecule has 0 aliphatic heterocycles. The van der Waals surface area contributed by atoms with Crippen molar-refractivity contribution in [2.75, 3.05) is 0 Å². The normalized spacial score (nSPS) is 10.9. The molecule has 0 saturated carbocycles. The zero-order valence-electron chi connectivity index (χ0n) is 14.2. The van der Waals surface area contributed by atoms with Crippen LogP contribution < -0.4 is 0 Å². The molecule has 0 aliphatic carbocycles. The number of hydrogen-bond donors (Lipinski definition) is 0. The SMILES string of the molecule is Clc1ccc(-c2cn(-c3ccccc3)c(Cc3ccc(Br)cc3)n2)c(Cl)c1. The maximum atomic E-state index is 6.41. The third kappa shape index (κ3) is 4.11. The summed E-state index contributed by atoms with van der Waals surface area (Å²) in [6.07, 6.45) is 2.74. The molecule has 0 bridgehead atoms. The van der Waals surface area contributed by atoms with Gasteiger partial charge in [-0.15, -0.1) is 0 Å². The zero-order valence-corrected chi connectivity index (χ0v) is 17.3. The Labute approximate surface area is 176 Å². The van der Waals surface area contributed by atoms with E-state index in [-0.39, 0.29) is 0 Å². The molecule has 3 aromatic carbocycles. The van der Waals surface area contributed by atoms with E-state index >= 15 is 0 Å². The van der Waals surface area contributed by atoms with Gasteiger partial charge >= 0.3 is 0 Å². The predicted octanol–water partition coefficient (Wildman–Crippen LogP) is 7.20. The molecule has 134 valence electrons. The van der Waals surface area contributed by atoms with Gasteiger partial charge in [0.1, 0.15) is 5.82 Å². The first-order valence-corrected chi connectivity index (χ1v) is 9.98. The number of benzene rings is 3. The van der Waals surface area contributed by atoms with Gasteiger partial charge in [-0.25, -0.2) is 4.98 Å². The van der Waals surface area contributed by atoms with Crippen LogP contribution in [0.3, 0.4) is 0 Å². The number of imidazole rings is 1. The maximum absolute atomic E-state index is 6.41. The van der Waals surface area contributed by atoms with E-state index < -0.39 is 0 Å². The Balaban J connectivity index is 1.80. The number of rotatable bonds is 4. The Morgan fingerprint density at radius 3 is 2.33 bits per heavy atom. The lowest BCUT2D eigenvalue weighted by molar-refractivity contribution is 0.914. The molecule has 27 heavy (non-hydrogen) atoms. The number of aromatic nitrogens is 2. The van der Waals surface area contributed by atoms with Crippen molar-refractivity contribution < 1.29 is 0 Å². The molecule has 4 rings (SSSR count). The average molecular weight is 458 g/mol. The smallest absolute Gasteiger partial charge is 0.118 e. The second kappa shape index (κ2) is 7.89. The molecule has 0 N–H and O–H groups in total. The van der Waals surface area contributed by atoms with Gasteiger partial charge in [-0.2, -0.15) is 0 Å². The summed E-state index contributed by atoms with van der Waals surface area (Å²) in [5.41, 5.74) is 3.95. The Bertz CT molecular complexity index is 1070. The van der Waals surface area contributed by atoms with Gasteiger partial charge in [0.15, 0.2) is 0 Å². The Morgan fingerprint density at radius 2 is 1.63 bits per heavy atom. The van der Waals surface area contributed by atoms with Crippen LogP contribution in [-0.2, 0) is 6.42 Å². The van der Waals surface area contributed by atoms with Gasteiger partial charge < -0.3 is 4.57 Å². The molecule has 1 aromatic heterocycles. The van der Waals surface area contributed by atoms with Crippen LogP contribution in [0.4, 0.5) is 0 Å². The molecule has 0 radical (unpaired) electrons. The van der Waals surface area contributed by atoms with Crippen LogP contribution in [0, 0.1) is 0 Å². The first kappa shape index (κ1) is 18.3. The van der Waals surface area contributed by atoms with Crippen molar-refractivity contribution in [2.45, 2.75) is 6.42 Å². The Kier molecular flexibility index (Phi) is 5.35. The standard InChI is InChI=1S/C22H15BrCl2N2/c23-16-8-6-15(7-9-16)12-22-26-21(19-11-10-17(24)13-20(19)25)14-27(22)18-4-2-1-3-5-18/h1-11,13-14H,12H2. The second-order valence-corrected chi connectivity index (χ2v) is 7.93. The lowest BCUT2D eigenvalue weighted by Gasteiger charge is -2.07. The third-order valence-electron chi connectivity index (χ3n) is 4.30. The molecule has 0 saturated heterocycles. The molecule has 4 aromatic rings. The van der Waals surface area contributed by atoms with Gasteiger partial charge in [0.2, 0.25) is 0 Å². The first-order chi connectivity index (χ1) is 13.1. The minimum atomic E-state index is 0.593. The number of hydrogen-bond acceptors (Lipinski definition) is 1. The van der Waals surface area contributed by atoms with E-state index in [1.54, 1.807) is 6.07 Å². The van der Waals surface area contributed by atoms with E-state index in [4.69, 9.17) is 28.2 Å². The third-order valence-corrected chi connectivity index (χ3v) is 5.37. The second-order valence-electron chi connectivity index (χ2n) is 6.18. The molecule has 2 nitrogen and oxygen atoms in total. The number of nitrogens with zero attached hydrogens (tertiary/aromatic N) is 2. The minimum Gasteiger partial charge on any atom is -0.303 e. The quantitative estimate of drug-likeness (QED) is 0.316. The molecular weight excluding hydrogens is 443 g/mol. The summed E-state index contributed by atoms with van der Waals surface area (Å²) in [5, 5.41) is 1.21. The van der Waals surface area contributed by atoms with Gasteiger partial charge in [0, 0.05) is 33.4 Å². The van der Waals surface area contributed by atoms with Crippen molar-refractivity contribution in [3.63, 3.8) is 0 Å². The lowest BCUT2D eigenvalue weighted by Crippen LogP contribution is -2.01. The predicted molar refractivity (Wildman–Crippen MR) is 116 cm³/mol. The summed E-state index contributed by atoms with van der Waals surface area (Å²) in [7, 11) is 0. The van der Waals surface area contributed by atoms with Crippen molar-refractivity contribution in [3.05, 3.63) is 105 Å². The van der Waals surface area contributed by atoms with Crippen LogP contribution in [-0.4, -0.2) is 9.55 Å². The molecule has 0 unspecified atom stereocenters. The molecule has 0 atom stereocenters. The van der Waals surface area contributed by atoms with Gasteiger partial charge in [-0.05, 0) is 48.0 Å². The highest BCUT2D eigenvalue weighted by atomic mass is 79.9. The average Bonchev–Trinajstić information content (AvgIpc) is 3.08. The Morgan fingerprint density at radius 1 is 0.889 bits per heavy atom. The summed E-state index contributed by atoms with van der Waals surface area (Å²) in [4.78, 5) is 4.89. The van der Waals surface area contributed by atoms with Crippen molar-refractivity contribution in [1.82, 2.24) is 9.55 Å². The van der Waals surface area contributed by atoms with Gasteiger partial charge in [-0.3, -0.25) is 0 Å². The van der Waals surface area contributed by atoms with Crippen LogP contribution in [0.5, 0.6) is 0 Å². The van der Waals surface area contributed by atoms with E-state index in [0.717, 1.165) is 27.2 Å². The van der Waals surface area contributed by atoms with Crippen LogP contribution in [0.15, 0.2) is 83.5 Å². The van der Waals surface area contributed by atoms with Crippen molar-refractivity contribution in [2.24, 2.45) is 0 Å². The minimum absolute atomic E-state index is 0.593. The van der Waals surface area contributed by atoms with Crippen molar-refractivity contribution >= 4 is 39.1 Å². The molecule has 5 heteroatoms. The first-order valence-electron chi connectivity index (χ1n) is 8.44. The van der Waals surface area contributed by atoms with Gasteiger partial charge in [0.05, 0.1) is 10.7 Å². The molecule has 0 amide bonds. The number of halogens is 3. The fraction of sp³-hybridized carbons (Fsp3) is 0.0455. The van der Waals surface area contributed by atoms with Crippen LogP contribution in [0.25, 0.3) is 16.9 Å². The molecular formula is C22H15BrCl2N2. The summed E-state index contributed by atoms with van der Waals surface area (Å²) in [6.45, 7) is 0. The summed E-state index contributed by atoms with van der Waals surface area (Å²) >= 11 is 15.9. The van der Waals surface area contributed by atoms with Gasteiger partial charge in [-0.1, -0.05) is 69.5 Å². The van der Waals surface area contributed by atoms with Gasteiger partial charge in [0.25, 0.3) is 0 Å². The monoisotopic (exact) mass is 456 g/mol. The van der Waals surface area contributed by atoms with E-state index in [1.807, 2.05) is 48.7 Å². The molecule has 0 spiro atoms. The zero-order chi connectivity index (χ0) is 18.8. The maximum Gasteiger partial charge on any atom is 0.118 e. The van der Waals surface area contributed by atoms with Crippen LogP contribution >= 0.6 is 39.1 Å². The van der Waals surface area contributed by atoms with E-state index in [1.165, 1.54) is 5.56 Å². The highest BCUT2D eigenvalue weighted by Gasteiger charge is 2.14. The van der Waals surface area contributed by atoms with E-state index in [0.29, 0.717) is 16.5 Å². The highest BCUT2D eigenvalue weighted by Crippen LogP contribution is 2.31. The molecule has 1 heterocycles. The summed E-state index contributed by atoms with van der Waals surface area (Å²) < 4.78 is 3.17. The fourth-order valence-electron chi connectivity index (χ4n) is 2.97. The summed E-state index contributed by atoms with van der Waals surface area (Å²) in [6, 6.07) is 24.0. The Hall–Kier alpha value is -2.07. The van der Waals surface area contributed by atoms with Crippen molar-refractivity contribution in [3.8, 4) is 16.9 Å². The lowest BCUT2D eigenvalue weighted by atomic mass is 10.1. The topological polar surface area (TPSA) is 17.8 Å². The number of para-hydroxylation sites is 1. The van der Waals surface area contributed by atoms with E-state index in [9.17, 15) is 0 Å².